The number of carbonyl (C=O) groups excluding carboxylic acids is 2. The van der Waals surface area contributed by atoms with Crippen LogP contribution in [-0.4, -0.2) is 40.0 Å². The Kier molecular flexibility index (Phi) is 5.11. The summed E-state index contributed by atoms with van der Waals surface area (Å²) in [5.74, 6) is -1.81. The molecule has 7 nitrogen and oxygen atoms in total. The lowest BCUT2D eigenvalue weighted by Gasteiger charge is -2.10. The fourth-order valence-corrected chi connectivity index (χ4v) is 1.53. The molecular weight excluding hydrogens is 250 g/mol. The molecule has 0 aliphatic heterocycles. The summed E-state index contributed by atoms with van der Waals surface area (Å²) >= 11 is 0. The molecule has 2 amide bonds. The highest BCUT2D eigenvalue weighted by atomic mass is 16.4. The highest BCUT2D eigenvalue weighted by Gasteiger charge is 2.13. The Morgan fingerprint density at radius 1 is 1.37 bits per heavy atom. The van der Waals surface area contributed by atoms with Gasteiger partial charge in [-0.25, -0.2) is 0 Å². The molecule has 1 aromatic heterocycles. The van der Waals surface area contributed by atoms with Crippen molar-refractivity contribution < 1.29 is 19.5 Å². The van der Waals surface area contributed by atoms with Crippen LogP contribution in [0, 0.1) is 0 Å². The van der Waals surface area contributed by atoms with Gasteiger partial charge in [-0.15, -0.1) is 0 Å². The molecule has 1 rings (SSSR count). The molecule has 1 aromatic rings. The Morgan fingerprint density at radius 2 is 2.05 bits per heavy atom. The van der Waals surface area contributed by atoms with Gasteiger partial charge in [0.25, 0.3) is 5.91 Å². The maximum Gasteiger partial charge on any atom is 0.323 e. The second kappa shape index (κ2) is 6.58. The molecule has 0 spiro atoms. The lowest BCUT2D eigenvalue weighted by atomic mass is 10.3. The predicted octanol–water partition coefficient (Wildman–Crippen LogP) is -0.173. The van der Waals surface area contributed by atoms with Gasteiger partial charge in [0.05, 0.1) is 6.54 Å². The Hall–Kier alpha value is -2.31. The van der Waals surface area contributed by atoms with Crippen LogP contribution >= 0.6 is 0 Å². The van der Waals surface area contributed by atoms with Gasteiger partial charge in [-0.1, -0.05) is 0 Å². The molecule has 19 heavy (non-hydrogen) atoms. The Balaban J connectivity index is 2.56. The number of nitrogens with zero attached hydrogens (tertiary/aromatic N) is 1. The number of hydrogen-bond donors (Lipinski definition) is 3. The van der Waals surface area contributed by atoms with E-state index in [1.165, 1.54) is 16.8 Å². The van der Waals surface area contributed by atoms with E-state index in [9.17, 15) is 14.4 Å². The highest BCUT2D eigenvalue weighted by molar-refractivity contribution is 5.95. The van der Waals surface area contributed by atoms with E-state index in [4.69, 9.17) is 5.11 Å². The van der Waals surface area contributed by atoms with E-state index in [0.29, 0.717) is 0 Å². The second-order valence-electron chi connectivity index (χ2n) is 4.32. The zero-order valence-electron chi connectivity index (χ0n) is 10.8. The van der Waals surface area contributed by atoms with Crippen molar-refractivity contribution in [2.24, 2.45) is 0 Å². The molecule has 7 heteroatoms. The van der Waals surface area contributed by atoms with Gasteiger partial charge in [-0.05, 0) is 26.0 Å². The number of hydrogen-bond acceptors (Lipinski definition) is 3. The van der Waals surface area contributed by atoms with Gasteiger partial charge in [0.1, 0.15) is 12.2 Å². The highest BCUT2D eigenvalue weighted by Crippen LogP contribution is 2.02. The van der Waals surface area contributed by atoms with Crippen LogP contribution in [0.1, 0.15) is 24.3 Å². The molecule has 0 fully saturated rings. The van der Waals surface area contributed by atoms with Crippen LogP contribution in [0.15, 0.2) is 18.3 Å². The van der Waals surface area contributed by atoms with E-state index in [-0.39, 0.29) is 30.7 Å². The van der Waals surface area contributed by atoms with Crippen LogP contribution in [0.2, 0.25) is 0 Å². The van der Waals surface area contributed by atoms with Crippen molar-refractivity contribution in [3.63, 3.8) is 0 Å². The molecule has 0 aromatic carbocycles. The number of amides is 2. The summed E-state index contributed by atoms with van der Waals surface area (Å²) in [6, 6.07) is 3.07. The first-order chi connectivity index (χ1) is 8.90. The number of rotatable bonds is 6. The van der Waals surface area contributed by atoms with Crippen LogP contribution < -0.4 is 10.6 Å². The van der Waals surface area contributed by atoms with Crippen LogP contribution in [-0.2, 0) is 16.1 Å². The second-order valence-corrected chi connectivity index (χ2v) is 4.32. The molecule has 0 atom stereocenters. The molecule has 0 saturated heterocycles. The van der Waals surface area contributed by atoms with Gasteiger partial charge in [0.15, 0.2) is 0 Å². The van der Waals surface area contributed by atoms with Gasteiger partial charge in [-0.2, -0.15) is 0 Å². The Bertz CT molecular complexity index is 479. The minimum Gasteiger partial charge on any atom is -0.480 e. The summed E-state index contributed by atoms with van der Waals surface area (Å²) in [6.45, 7) is 3.19. The Morgan fingerprint density at radius 3 is 2.63 bits per heavy atom. The molecule has 0 unspecified atom stereocenters. The number of aromatic nitrogens is 1. The van der Waals surface area contributed by atoms with Crippen molar-refractivity contribution in [2.75, 3.05) is 6.54 Å². The largest absolute Gasteiger partial charge is 0.480 e. The van der Waals surface area contributed by atoms with E-state index in [1.54, 1.807) is 6.07 Å². The van der Waals surface area contributed by atoms with Gasteiger partial charge in [0, 0.05) is 12.2 Å². The topological polar surface area (TPSA) is 100 Å². The van der Waals surface area contributed by atoms with Crippen LogP contribution in [0.4, 0.5) is 0 Å². The summed E-state index contributed by atoms with van der Waals surface area (Å²) < 4.78 is 1.30. The third-order valence-electron chi connectivity index (χ3n) is 2.23. The molecule has 0 saturated carbocycles. The number of nitrogens with one attached hydrogen (secondary N) is 2. The first-order valence-corrected chi connectivity index (χ1v) is 5.84. The van der Waals surface area contributed by atoms with Gasteiger partial charge in [-0.3, -0.25) is 14.4 Å². The van der Waals surface area contributed by atoms with E-state index < -0.39 is 11.9 Å². The quantitative estimate of drug-likeness (QED) is 0.666. The van der Waals surface area contributed by atoms with Crippen LogP contribution in [0.5, 0.6) is 0 Å². The fourth-order valence-electron chi connectivity index (χ4n) is 1.53. The average Bonchev–Trinajstić information content (AvgIpc) is 2.72. The third-order valence-corrected chi connectivity index (χ3v) is 2.23. The van der Waals surface area contributed by atoms with Crippen molar-refractivity contribution >= 4 is 17.8 Å². The fraction of sp³-hybridized carbons (Fsp3) is 0.417. The molecule has 0 bridgehead atoms. The first kappa shape index (κ1) is 14.7. The van der Waals surface area contributed by atoms with Crippen LogP contribution in [0.25, 0.3) is 0 Å². The van der Waals surface area contributed by atoms with E-state index in [1.807, 2.05) is 13.8 Å². The number of carboxylic acid groups (broad SMARTS) is 1. The summed E-state index contributed by atoms with van der Waals surface area (Å²) in [6.07, 6.45) is 1.50. The zero-order valence-corrected chi connectivity index (χ0v) is 10.8. The van der Waals surface area contributed by atoms with E-state index in [0.717, 1.165) is 0 Å². The van der Waals surface area contributed by atoms with Crippen molar-refractivity contribution in [1.29, 1.82) is 0 Å². The van der Waals surface area contributed by atoms with Crippen LogP contribution in [0.3, 0.4) is 0 Å². The molecular formula is C12H17N3O4. The van der Waals surface area contributed by atoms with Gasteiger partial charge >= 0.3 is 5.97 Å². The normalized spacial score (nSPS) is 10.3. The summed E-state index contributed by atoms with van der Waals surface area (Å²) in [5, 5.41) is 13.8. The minimum atomic E-state index is -1.04. The lowest BCUT2D eigenvalue weighted by Crippen LogP contribution is -2.40. The predicted molar refractivity (Wildman–Crippen MR) is 67.7 cm³/mol. The maximum absolute atomic E-state index is 11.8. The molecule has 0 aliphatic rings. The third kappa shape index (κ3) is 4.82. The summed E-state index contributed by atoms with van der Waals surface area (Å²) in [7, 11) is 0. The van der Waals surface area contributed by atoms with Gasteiger partial charge in [0.2, 0.25) is 5.91 Å². The van der Waals surface area contributed by atoms with Crippen molar-refractivity contribution in [1.82, 2.24) is 15.2 Å². The average molecular weight is 267 g/mol. The van der Waals surface area contributed by atoms with E-state index >= 15 is 0 Å². The molecule has 0 aliphatic carbocycles. The number of carboxylic acids is 1. The van der Waals surface area contributed by atoms with E-state index in [2.05, 4.69) is 10.6 Å². The summed E-state index contributed by atoms with van der Waals surface area (Å²) in [5.41, 5.74) is 0.208. The zero-order chi connectivity index (χ0) is 14.4. The molecule has 3 N–H and O–H groups in total. The van der Waals surface area contributed by atoms with Crippen molar-refractivity contribution in [2.45, 2.75) is 26.4 Å². The first-order valence-electron chi connectivity index (χ1n) is 5.84. The number of aliphatic carboxylic acids is 1. The van der Waals surface area contributed by atoms with Gasteiger partial charge < -0.3 is 20.3 Å². The standard InChI is InChI=1S/C12H17N3O4/c1-8(2)14-10(16)6-13-12(19)9-4-3-5-15(9)7-11(17)18/h3-5,8H,6-7H2,1-2H3,(H,13,19)(H,14,16)(H,17,18). The minimum absolute atomic E-state index is 0.000253. The monoisotopic (exact) mass is 267 g/mol. The lowest BCUT2D eigenvalue weighted by molar-refractivity contribution is -0.137. The summed E-state index contributed by atoms with van der Waals surface area (Å²) in [4.78, 5) is 33.8. The smallest absolute Gasteiger partial charge is 0.323 e. The Labute approximate surface area is 110 Å². The van der Waals surface area contributed by atoms with Crippen molar-refractivity contribution in [3.05, 3.63) is 24.0 Å². The SMILES string of the molecule is CC(C)NC(=O)CNC(=O)c1cccn1CC(=O)O. The number of carbonyl (C=O) groups is 3. The molecule has 0 radical (unpaired) electrons. The van der Waals surface area contributed by atoms with Crippen molar-refractivity contribution in [3.8, 4) is 0 Å². The maximum atomic E-state index is 11.8. The molecule has 1 heterocycles. The molecule has 104 valence electrons.